The van der Waals surface area contributed by atoms with Gasteiger partial charge in [-0.15, -0.1) is 11.3 Å². The van der Waals surface area contributed by atoms with Crippen molar-refractivity contribution in [3.63, 3.8) is 0 Å². The number of rotatable bonds is 0. The molecule has 0 aliphatic rings. The van der Waals surface area contributed by atoms with Crippen molar-refractivity contribution in [2.75, 3.05) is 0 Å². The molecule has 0 saturated carbocycles. The summed E-state index contributed by atoms with van der Waals surface area (Å²) in [6.07, 6.45) is 0. The molecule has 4 rings (SSSR count). The molecule has 0 aliphatic carbocycles. The molecular weight excluding hydrogens is 260 g/mol. The summed E-state index contributed by atoms with van der Waals surface area (Å²) in [6, 6.07) is 19.0. The van der Waals surface area contributed by atoms with Crippen molar-refractivity contribution >= 4 is 53.9 Å². The Balaban J connectivity index is 2.32. The maximum atomic E-state index is 6.26. The molecule has 0 spiro atoms. The molecule has 0 atom stereocenters. The van der Waals surface area contributed by atoms with Gasteiger partial charge in [-0.3, -0.25) is 0 Å². The summed E-state index contributed by atoms with van der Waals surface area (Å²) in [5, 5.41) is 5.87. The van der Waals surface area contributed by atoms with Gasteiger partial charge in [0.2, 0.25) is 0 Å². The predicted molar refractivity (Wildman–Crippen MR) is 81.8 cm³/mol. The van der Waals surface area contributed by atoms with Crippen molar-refractivity contribution in [3.05, 3.63) is 59.6 Å². The molecular formula is C16H9ClS. The standard InChI is InChI=1S/C16H9ClS/c17-14-6-3-5-12-10(14)8-9-13-11-4-1-2-7-15(11)18-16(12)13/h1-9H. The highest BCUT2D eigenvalue weighted by atomic mass is 35.5. The summed E-state index contributed by atoms with van der Waals surface area (Å²) >= 11 is 8.10. The second kappa shape index (κ2) is 3.71. The highest BCUT2D eigenvalue weighted by molar-refractivity contribution is 7.26. The van der Waals surface area contributed by atoms with E-state index in [0.29, 0.717) is 0 Å². The van der Waals surface area contributed by atoms with E-state index in [2.05, 4.69) is 42.5 Å². The SMILES string of the molecule is Clc1cccc2c1ccc1c3ccccc3sc21. The molecule has 0 saturated heterocycles. The third-order valence-electron chi connectivity index (χ3n) is 3.35. The lowest BCUT2D eigenvalue weighted by Gasteiger charge is -2.01. The number of benzene rings is 3. The second-order valence-corrected chi connectivity index (χ2v) is 5.83. The lowest BCUT2D eigenvalue weighted by Crippen LogP contribution is -1.74. The van der Waals surface area contributed by atoms with E-state index in [4.69, 9.17) is 11.6 Å². The van der Waals surface area contributed by atoms with E-state index < -0.39 is 0 Å². The third-order valence-corrected chi connectivity index (χ3v) is 4.90. The maximum Gasteiger partial charge on any atom is 0.0484 e. The van der Waals surface area contributed by atoms with Crippen molar-refractivity contribution in [1.82, 2.24) is 0 Å². The topological polar surface area (TPSA) is 0 Å². The van der Waals surface area contributed by atoms with Crippen LogP contribution >= 0.6 is 22.9 Å². The van der Waals surface area contributed by atoms with Crippen LogP contribution < -0.4 is 0 Å². The summed E-state index contributed by atoms with van der Waals surface area (Å²) in [4.78, 5) is 0. The van der Waals surface area contributed by atoms with Crippen LogP contribution in [0.15, 0.2) is 54.6 Å². The lowest BCUT2D eigenvalue weighted by molar-refractivity contribution is 1.81. The first kappa shape index (κ1) is 10.4. The van der Waals surface area contributed by atoms with Gasteiger partial charge in [-0.1, -0.05) is 54.1 Å². The number of hydrogen-bond donors (Lipinski definition) is 0. The fraction of sp³-hybridized carbons (Fsp3) is 0. The summed E-state index contributed by atoms with van der Waals surface area (Å²) < 4.78 is 2.66. The minimum atomic E-state index is 0.826. The van der Waals surface area contributed by atoms with Crippen molar-refractivity contribution in [1.29, 1.82) is 0 Å². The Morgan fingerprint density at radius 2 is 1.39 bits per heavy atom. The number of halogens is 1. The molecule has 4 aromatic rings. The zero-order valence-corrected chi connectivity index (χ0v) is 11.1. The van der Waals surface area contributed by atoms with Gasteiger partial charge in [0.15, 0.2) is 0 Å². The van der Waals surface area contributed by atoms with E-state index in [1.165, 1.54) is 25.6 Å². The Morgan fingerprint density at radius 1 is 0.667 bits per heavy atom. The number of thiophene rings is 1. The van der Waals surface area contributed by atoms with Crippen LogP contribution in [0.4, 0.5) is 0 Å². The zero-order chi connectivity index (χ0) is 12.1. The average Bonchev–Trinajstić information content (AvgIpc) is 2.78. The second-order valence-electron chi connectivity index (χ2n) is 4.38. The molecule has 0 bridgehead atoms. The van der Waals surface area contributed by atoms with Gasteiger partial charge >= 0.3 is 0 Å². The van der Waals surface area contributed by atoms with Crippen LogP contribution in [0.5, 0.6) is 0 Å². The Labute approximate surface area is 113 Å². The smallest absolute Gasteiger partial charge is 0.0484 e. The normalized spacial score (nSPS) is 11.6. The Bertz CT molecular complexity index is 889. The summed E-state index contributed by atoms with van der Waals surface area (Å²) in [6.45, 7) is 0. The van der Waals surface area contributed by atoms with Gasteiger partial charge in [0.1, 0.15) is 0 Å². The van der Waals surface area contributed by atoms with Crippen LogP contribution in [0.1, 0.15) is 0 Å². The minimum absolute atomic E-state index is 0.826. The van der Waals surface area contributed by atoms with Crippen molar-refractivity contribution in [2.45, 2.75) is 0 Å². The summed E-state index contributed by atoms with van der Waals surface area (Å²) in [5.74, 6) is 0. The predicted octanol–water partition coefficient (Wildman–Crippen LogP) is 5.86. The molecule has 0 nitrogen and oxygen atoms in total. The van der Waals surface area contributed by atoms with E-state index in [9.17, 15) is 0 Å². The molecule has 1 heterocycles. The molecule has 18 heavy (non-hydrogen) atoms. The van der Waals surface area contributed by atoms with Crippen LogP contribution in [0.25, 0.3) is 30.9 Å². The number of hydrogen-bond acceptors (Lipinski definition) is 1. The third kappa shape index (κ3) is 1.32. The fourth-order valence-corrected chi connectivity index (χ4v) is 3.97. The van der Waals surface area contributed by atoms with Gasteiger partial charge < -0.3 is 0 Å². The largest absolute Gasteiger partial charge is 0.135 e. The molecule has 0 N–H and O–H groups in total. The molecule has 3 aromatic carbocycles. The van der Waals surface area contributed by atoms with Crippen molar-refractivity contribution < 1.29 is 0 Å². The molecule has 2 heteroatoms. The molecule has 0 fully saturated rings. The van der Waals surface area contributed by atoms with Crippen molar-refractivity contribution in [2.24, 2.45) is 0 Å². The molecule has 86 valence electrons. The zero-order valence-electron chi connectivity index (χ0n) is 9.48. The summed E-state index contributed by atoms with van der Waals surface area (Å²) in [5.41, 5.74) is 0. The van der Waals surface area contributed by atoms with Gasteiger partial charge in [-0.05, 0) is 12.1 Å². The molecule has 0 amide bonds. The van der Waals surface area contributed by atoms with Gasteiger partial charge in [0, 0.05) is 36.0 Å². The Morgan fingerprint density at radius 3 is 2.33 bits per heavy atom. The first-order valence-corrected chi connectivity index (χ1v) is 7.02. The first-order valence-electron chi connectivity index (χ1n) is 5.83. The highest BCUT2D eigenvalue weighted by Crippen LogP contribution is 2.39. The van der Waals surface area contributed by atoms with E-state index in [0.717, 1.165) is 10.4 Å². The molecule has 0 radical (unpaired) electrons. The monoisotopic (exact) mass is 268 g/mol. The Hall–Kier alpha value is -1.57. The van der Waals surface area contributed by atoms with Gasteiger partial charge in [-0.25, -0.2) is 0 Å². The van der Waals surface area contributed by atoms with Gasteiger partial charge in [0.05, 0.1) is 0 Å². The van der Waals surface area contributed by atoms with Crippen LogP contribution in [0, 0.1) is 0 Å². The first-order chi connectivity index (χ1) is 8.84. The molecule has 0 unspecified atom stereocenters. The van der Waals surface area contributed by atoms with E-state index in [1.54, 1.807) is 0 Å². The van der Waals surface area contributed by atoms with E-state index in [1.807, 2.05) is 23.5 Å². The lowest BCUT2D eigenvalue weighted by atomic mass is 10.1. The van der Waals surface area contributed by atoms with Crippen LogP contribution in [-0.2, 0) is 0 Å². The van der Waals surface area contributed by atoms with E-state index >= 15 is 0 Å². The Kier molecular flexibility index (Phi) is 2.14. The van der Waals surface area contributed by atoms with Crippen LogP contribution in [0.3, 0.4) is 0 Å². The van der Waals surface area contributed by atoms with Crippen LogP contribution in [-0.4, -0.2) is 0 Å². The highest BCUT2D eigenvalue weighted by Gasteiger charge is 2.08. The van der Waals surface area contributed by atoms with Crippen molar-refractivity contribution in [3.8, 4) is 0 Å². The van der Waals surface area contributed by atoms with Gasteiger partial charge in [-0.2, -0.15) is 0 Å². The minimum Gasteiger partial charge on any atom is -0.135 e. The van der Waals surface area contributed by atoms with Crippen LogP contribution in [0.2, 0.25) is 5.02 Å². The fourth-order valence-electron chi connectivity index (χ4n) is 2.50. The van der Waals surface area contributed by atoms with E-state index in [-0.39, 0.29) is 0 Å². The summed E-state index contributed by atoms with van der Waals surface area (Å²) in [7, 11) is 0. The molecule has 1 aromatic heterocycles. The number of fused-ring (bicyclic) bond motifs is 5. The average molecular weight is 269 g/mol. The van der Waals surface area contributed by atoms with Gasteiger partial charge in [0.25, 0.3) is 0 Å². The quantitative estimate of drug-likeness (QED) is 0.375. The maximum absolute atomic E-state index is 6.26. The molecule has 0 aliphatic heterocycles.